The summed E-state index contributed by atoms with van der Waals surface area (Å²) >= 11 is 0. The fourth-order valence-electron chi connectivity index (χ4n) is 0.706. The van der Waals surface area contributed by atoms with Crippen LogP contribution in [-0.2, 0) is 4.79 Å². The van der Waals surface area contributed by atoms with Crippen molar-refractivity contribution < 1.29 is 4.79 Å². The molecule has 58 valence electrons. The molecule has 0 spiro atoms. The smallest absolute Gasteiger partial charge is 0.132 e. The van der Waals surface area contributed by atoms with Gasteiger partial charge < -0.3 is 0 Å². The number of Topliss-reactive ketones (excluding diaryl/α,β-unsaturated/α-hetero) is 1. The fourth-order valence-corrected chi connectivity index (χ4v) is 0.706. The van der Waals surface area contributed by atoms with E-state index in [1.165, 1.54) is 0 Å². The number of benzene rings is 1. The maximum absolute atomic E-state index is 9.90. The van der Waals surface area contributed by atoms with Gasteiger partial charge in [-0.15, -0.1) is 0 Å². The molecule has 1 aliphatic rings. The second kappa shape index (κ2) is 4.67. The molecule has 2 rings (SSSR count). The molecule has 1 heteroatoms. The first-order chi connectivity index (χ1) is 5.39. The minimum atomic E-state index is 0.435. The molecular weight excluding hydrogens is 136 g/mol. The molecule has 1 aromatic carbocycles. The highest BCUT2D eigenvalue weighted by atomic mass is 16.1. The minimum absolute atomic E-state index is 0.435. The molecule has 0 unspecified atom stereocenters. The average molecular weight is 148 g/mol. The highest BCUT2D eigenvalue weighted by molar-refractivity contribution is 5.83. The molecule has 0 amide bonds. The zero-order valence-electron chi connectivity index (χ0n) is 6.49. The Morgan fingerprint density at radius 2 is 1.09 bits per heavy atom. The molecule has 1 saturated carbocycles. The third-order valence-corrected chi connectivity index (χ3v) is 1.58. The molecule has 0 N–H and O–H groups in total. The number of carbonyl (C=O) groups excluding carboxylic acids is 1. The maximum atomic E-state index is 9.90. The van der Waals surface area contributed by atoms with Crippen molar-refractivity contribution in [2.75, 3.05) is 0 Å². The van der Waals surface area contributed by atoms with Gasteiger partial charge in [-0.25, -0.2) is 0 Å². The Kier molecular flexibility index (Phi) is 3.39. The standard InChI is InChI=1S/C6H6.C4H6O/c1-2-4-6-5-3-1;5-4-2-1-3-4/h1-6H;1-3H2. The first-order valence-electron chi connectivity index (χ1n) is 3.91. The Morgan fingerprint density at radius 3 is 1.18 bits per heavy atom. The largest absolute Gasteiger partial charge is 0.300 e. The first kappa shape index (κ1) is 7.99. The van der Waals surface area contributed by atoms with Crippen molar-refractivity contribution in [3.8, 4) is 0 Å². The zero-order valence-corrected chi connectivity index (χ0v) is 6.49. The Morgan fingerprint density at radius 1 is 0.818 bits per heavy atom. The van der Waals surface area contributed by atoms with Crippen LogP contribution in [0.15, 0.2) is 36.4 Å². The number of rotatable bonds is 0. The third-order valence-electron chi connectivity index (χ3n) is 1.58. The molecule has 0 saturated heterocycles. The lowest BCUT2D eigenvalue weighted by Crippen LogP contribution is -2.07. The lowest BCUT2D eigenvalue weighted by molar-refractivity contribution is -0.123. The fraction of sp³-hybridized carbons (Fsp3) is 0.300. The van der Waals surface area contributed by atoms with Gasteiger partial charge in [0.05, 0.1) is 0 Å². The van der Waals surface area contributed by atoms with Crippen molar-refractivity contribution >= 4 is 5.78 Å². The van der Waals surface area contributed by atoms with Gasteiger partial charge in [0.1, 0.15) is 5.78 Å². The average Bonchev–Trinajstić information content (AvgIpc) is 2.05. The van der Waals surface area contributed by atoms with E-state index in [2.05, 4.69) is 0 Å². The third kappa shape index (κ3) is 3.56. The molecule has 0 aliphatic heterocycles. The van der Waals surface area contributed by atoms with Crippen LogP contribution in [0.1, 0.15) is 19.3 Å². The van der Waals surface area contributed by atoms with Gasteiger partial charge in [0, 0.05) is 12.8 Å². The van der Waals surface area contributed by atoms with E-state index in [-0.39, 0.29) is 0 Å². The summed E-state index contributed by atoms with van der Waals surface area (Å²) in [6, 6.07) is 12.0. The first-order valence-corrected chi connectivity index (χ1v) is 3.91. The van der Waals surface area contributed by atoms with E-state index < -0.39 is 0 Å². The normalized spacial score (nSPS) is 14.4. The van der Waals surface area contributed by atoms with Crippen LogP contribution in [0.25, 0.3) is 0 Å². The molecule has 1 aliphatic carbocycles. The van der Waals surface area contributed by atoms with Gasteiger partial charge in [0.15, 0.2) is 0 Å². The van der Waals surface area contributed by atoms with Gasteiger partial charge in [-0.3, -0.25) is 4.79 Å². The van der Waals surface area contributed by atoms with E-state index >= 15 is 0 Å². The summed E-state index contributed by atoms with van der Waals surface area (Å²) in [5, 5.41) is 0. The predicted octanol–water partition coefficient (Wildman–Crippen LogP) is 2.43. The van der Waals surface area contributed by atoms with Crippen molar-refractivity contribution in [2.24, 2.45) is 0 Å². The van der Waals surface area contributed by atoms with E-state index in [0.717, 1.165) is 19.3 Å². The van der Waals surface area contributed by atoms with Gasteiger partial charge in [0.2, 0.25) is 0 Å². The SMILES string of the molecule is O=C1CCC1.c1ccccc1. The number of hydrogen-bond donors (Lipinski definition) is 0. The van der Waals surface area contributed by atoms with E-state index in [0.29, 0.717) is 5.78 Å². The van der Waals surface area contributed by atoms with Crippen LogP contribution in [-0.4, -0.2) is 5.78 Å². The molecule has 1 nitrogen and oxygen atoms in total. The summed E-state index contributed by atoms with van der Waals surface area (Å²) < 4.78 is 0. The summed E-state index contributed by atoms with van der Waals surface area (Å²) in [6.45, 7) is 0. The second-order valence-electron chi connectivity index (χ2n) is 2.55. The van der Waals surface area contributed by atoms with Gasteiger partial charge >= 0.3 is 0 Å². The maximum Gasteiger partial charge on any atom is 0.132 e. The molecule has 0 aromatic heterocycles. The summed E-state index contributed by atoms with van der Waals surface area (Å²) in [7, 11) is 0. The van der Waals surface area contributed by atoms with E-state index in [1.807, 2.05) is 36.4 Å². The molecule has 0 bridgehead atoms. The van der Waals surface area contributed by atoms with Crippen LogP contribution in [0.4, 0.5) is 0 Å². The van der Waals surface area contributed by atoms with Crippen LogP contribution < -0.4 is 0 Å². The summed E-state index contributed by atoms with van der Waals surface area (Å²) in [5.74, 6) is 0.435. The molecular formula is C10H12O. The van der Waals surface area contributed by atoms with Crippen molar-refractivity contribution in [3.05, 3.63) is 36.4 Å². The summed E-state index contributed by atoms with van der Waals surface area (Å²) in [4.78, 5) is 9.90. The zero-order chi connectivity index (χ0) is 7.94. The van der Waals surface area contributed by atoms with Gasteiger partial charge in [-0.1, -0.05) is 36.4 Å². The van der Waals surface area contributed by atoms with E-state index in [4.69, 9.17) is 0 Å². The van der Waals surface area contributed by atoms with Crippen LogP contribution in [0.5, 0.6) is 0 Å². The van der Waals surface area contributed by atoms with Crippen LogP contribution in [0.2, 0.25) is 0 Å². The molecule has 1 aromatic rings. The van der Waals surface area contributed by atoms with Crippen molar-refractivity contribution in [1.29, 1.82) is 0 Å². The Balaban J connectivity index is 0.000000112. The predicted molar refractivity (Wildman–Crippen MR) is 45.3 cm³/mol. The summed E-state index contributed by atoms with van der Waals surface area (Å²) in [5.41, 5.74) is 0. The van der Waals surface area contributed by atoms with Crippen molar-refractivity contribution in [3.63, 3.8) is 0 Å². The Labute approximate surface area is 67.1 Å². The van der Waals surface area contributed by atoms with Crippen LogP contribution >= 0.6 is 0 Å². The molecule has 0 radical (unpaired) electrons. The topological polar surface area (TPSA) is 17.1 Å². The number of carbonyl (C=O) groups is 1. The lowest BCUT2D eigenvalue weighted by Gasteiger charge is -2.05. The van der Waals surface area contributed by atoms with E-state index in [1.54, 1.807) is 0 Å². The highest BCUT2D eigenvalue weighted by Gasteiger charge is 2.09. The monoisotopic (exact) mass is 148 g/mol. The van der Waals surface area contributed by atoms with Gasteiger partial charge in [-0.05, 0) is 6.42 Å². The second-order valence-corrected chi connectivity index (χ2v) is 2.55. The van der Waals surface area contributed by atoms with Gasteiger partial charge in [-0.2, -0.15) is 0 Å². The quantitative estimate of drug-likeness (QED) is 0.552. The lowest BCUT2D eigenvalue weighted by atomic mass is 9.99. The molecule has 0 heterocycles. The van der Waals surface area contributed by atoms with Gasteiger partial charge in [0.25, 0.3) is 0 Å². The van der Waals surface area contributed by atoms with Crippen molar-refractivity contribution in [1.82, 2.24) is 0 Å². The minimum Gasteiger partial charge on any atom is -0.300 e. The Bertz CT molecular complexity index is 171. The summed E-state index contributed by atoms with van der Waals surface area (Å²) in [6.07, 6.45) is 2.83. The van der Waals surface area contributed by atoms with Crippen molar-refractivity contribution in [2.45, 2.75) is 19.3 Å². The number of hydrogen-bond acceptors (Lipinski definition) is 1. The van der Waals surface area contributed by atoms with E-state index in [9.17, 15) is 4.79 Å². The Hall–Kier alpha value is -1.11. The highest BCUT2D eigenvalue weighted by Crippen LogP contribution is 2.10. The van der Waals surface area contributed by atoms with Crippen LogP contribution in [0, 0.1) is 0 Å². The number of ketones is 1. The molecule has 11 heavy (non-hydrogen) atoms. The molecule has 0 atom stereocenters. The molecule has 1 fully saturated rings. The van der Waals surface area contributed by atoms with Crippen LogP contribution in [0.3, 0.4) is 0 Å².